The van der Waals surface area contributed by atoms with Gasteiger partial charge in [0.25, 0.3) is 0 Å². The van der Waals surface area contributed by atoms with E-state index in [4.69, 9.17) is 0 Å². The molecule has 1 N–H and O–H groups in total. The van der Waals surface area contributed by atoms with Crippen molar-refractivity contribution in [1.82, 2.24) is 5.06 Å². The number of aliphatic hydroxyl groups excluding tert-OH is 1. The lowest BCUT2D eigenvalue weighted by molar-refractivity contribution is -0.170. The molecule has 0 radical (unpaired) electrons. The number of hydrogen-bond acceptors (Lipinski definition) is 3. The van der Waals surface area contributed by atoms with Crippen LogP contribution in [-0.4, -0.2) is 30.2 Å². The molecular weight excluding hydrogens is 275 g/mol. The lowest BCUT2D eigenvalue weighted by Gasteiger charge is -2.18. The molecule has 0 aliphatic heterocycles. The van der Waals surface area contributed by atoms with Gasteiger partial charge in [-0.05, 0) is 30.2 Å². The van der Waals surface area contributed by atoms with E-state index in [1.54, 1.807) is 0 Å². The second kappa shape index (κ2) is 6.23. The molecule has 0 saturated carbocycles. The van der Waals surface area contributed by atoms with E-state index in [0.29, 0.717) is 0 Å². The summed E-state index contributed by atoms with van der Waals surface area (Å²) in [6.45, 7) is 1.46. The van der Waals surface area contributed by atoms with Crippen molar-refractivity contribution in [2.45, 2.75) is 25.6 Å². The van der Waals surface area contributed by atoms with E-state index >= 15 is 0 Å². The Hall–Kier alpha value is -1.60. The first-order chi connectivity index (χ1) is 9.16. The molecule has 20 heavy (non-hydrogen) atoms. The van der Waals surface area contributed by atoms with Gasteiger partial charge < -0.3 is 5.11 Å². The van der Waals surface area contributed by atoms with Gasteiger partial charge in [0, 0.05) is 7.05 Å². The maximum atomic E-state index is 12.5. The molecule has 1 atom stereocenters. The van der Waals surface area contributed by atoms with E-state index in [2.05, 4.69) is 4.84 Å². The van der Waals surface area contributed by atoms with Crippen molar-refractivity contribution in [2.24, 2.45) is 0 Å². The van der Waals surface area contributed by atoms with Crippen LogP contribution in [0, 0.1) is 6.92 Å². The second-order valence-corrected chi connectivity index (χ2v) is 4.36. The topological polar surface area (TPSA) is 49.8 Å². The lowest BCUT2D eigenvalue weighted by Crippen LogP contribution is -2.27. The molecule has 0 heterocycles. The van der Waals surface area contributed by atoms with Gasteiger partial charge in [0.1, 0.15) is 0 Å². The Morgan fingerprint density at radius 2 is 2.05 bits per heavy atom. The van der Waals surface area contributed by atoms with Crippen molar-refractivity contribution >= 4 is 5.91 Å². The molecule has 1 amide bonds. The second-order valence-electron chi connectivity index (χ2n) is 4.36. The molecule has 1 aromatic rings. The van der Waals surface area contributed by atoms with Crippen molar-refractivity contribution in [3.63, 3.8) is 0 Å². The molecule has 0 aliphatic rings. The summed E-state index contributed by atoms with van der Waals surface area (Å²) in [5.41, 5.74) is -0.220. The molecule has 0 aromatic heterocycles. The van der Waals surface area contributed by atoms with Crippen LogP contribution in [0.5, 0.6) is 0 Å². The van der Waals surface area contributed by atoms with Crippen LogP contribution in [0.25, 0.3) is 0 Å². The Kier molecular flexibility index (Phi) is 5.13. The van der Waals surface area contributed by atoms with Crippen LogP contribution in [0.3, 0.4) is 0 Å². The molecular formula is C13H16F3NO3. The van der Waals surface area contributed by atoms with Gasteiger partial charge in [0.2, 0.25) is 5.91 Å². The van der Waals surface area contributed by atoms with E-state index in [1.165, 1.54) is 27.1 Å². The minimum absolute atomic E-state index is 0.267. The highest BCUT2D eigenvalue weighted by Crippen LogP contribution is 2.32. The predicted octanol–water partition coefficient (Wildman–Crippen LogP) is 2.46. The third-order valence-corrected chi connectivity index (χ3v) is 2.95. The average molecular weight is 291 g/mol. The van der Waals surface area contributed by atoms with Gasteiger partial charge in [-0.3, -0.25) is 9.63 Å². The van der Waals surface area contributed by atoms with E-state index in [1.807, 2.05) is 0 Å². The predicted molar refractivity (Wildman–Crippen MR) is 65.5 cm³/mol. The molecule has 7 heteroatoms. The summed E-state index contributed by atoms with van der Waals surface area (Å²) in [6, 6.07) is 3.02. The summed E-state index contributed by atoms with van der Waals surface area (Å²) in [4.78, 5) is 16.2. The monoisotopic (exact) mass is 291 g/mol. The number of benzene rings is 1. The largest absolute Gasteiger partial charge is 0.416 e. The smallest absolute Gasteiger partial charge is 0.388 e. The maximum absolute atomic E-state index is 12.5. The number of carbonyl (C=O) groups is 1. The molecule has 0 fully saturated rings. The fraction of sp³-hybridized carbons (Fsp3) is 0.462. The molecule has 1 aromatic carbocycles. The number of carbonyl (C=O) groups excluding carboxylic acids is 1. The van der Waals surface area contributed by atoms with Crippen LogP contribution >= 0.6 is 0 Å². The van der Waals surface area contributed by atoms with Gasteiger partial charge >= 0.3 is 6.18 Å². The highest BCUT2D eigenvalue weighted by atomic mass is 19.4. The molecule has 1 rings (SSSR count). The Balaban J connectivity index is 2.90. The van der Waals surface area contributed by atoms with Crippen molar-refractivity contribution < 1.29 is 27.9 Å². The summed E-state index contributed by atoms with van der Waals surface area (Å²) >= 11 is 0. The van der Waals surface area contributed by atoms with Crippen LogP contribution in [0.1, 0.15) is 29.2 Å². The van der Waals surface area contributed by atoms with Gasteiger partial charge in [0.05, 0.1) is 25.2 Å². The molecule has 0 saturated heterocycles. The zero-order chi connectivity index (χ0) is 15.5. The van der Waals surface area contributed by atoms with E-state index < -0.39 is 23.8 Å². The molecule has 0 aliphatic carbocycles. The lowest BCUT2D eigenvalue weighted by atomic mass is 9.98. The van der Waals surface area contributed by atoms with Crippen molar-refractivity contribution in [3.8, 4) is 0 Å². The van der Waals surface area contributed by atoms with Crippen molar-refractivity contribution in [3.05, 3.63) is 34.9 Å². The Bertz CT molecular complexity index is 488. The van der Waals surface area contributed by atoms with Gasteiger partial charge in [-0.15, -0.1) is 0 Å². The number of rotatable bonds is 4. The average Bonchev–Trinajstić information content (AvgIpc) is 2.36. The van der Waals surface area contributed by atoms with Gasteiger partial charge in [-0.2, -0.15) is 13.2 Å². The fourth-order valence-electron chi connectivity index (χ4n) is 1.73. The van der Waals surface area contributed by atoms with Crippen LogP contribution < -0.4 is 0 Å². The summed E-state index contributed by atoms with van der Waals surface area (Å²) in [6.07, 6.45) is -5.88. The van der Waals surface area contributed by atoms with E-state index in [-0.39, 0.29) is 17.5 Å². The number of amides is 1. The third kappa shape index (κ3) is 3.94. The van der Waals surface area contributed by atoms with Crippen molar-refractivity contribution in [1.29, 1.82) is 0 Å². The SMILES string of the molecule is CON(C)C(=O)CC(O)c1ccc(C(F)(F)F)cc1C. The summed E-state index contributed by atoms with van der Waals surface area (Å²) < 4.78 is 37.6. The van der Waals surface area contributed by atoms with Crippen molar-refractivity contribution in [2.75, 3.05) is 14.2 Å². The summed E-state index contributed by atoms with van der Waals surface area (Å²) in [7, 11) is 2.68. The minimum atomic E-state index is -4.43. The van der Waals surface area contributed by atoms with Gasteiger partial charge in [0.15, 0.2) is 0 Å². The number of hydroxylamine groups is 2. The highest BCUT2D eigenvalue weighted by Gasteiger charge is 2.31. The number of alkyl halides is 3. The Morgan fingerprint density at radius 3 is 2.50 bits per heavy atom. The maximum Gasteiger partial charge on any atom is 0.416 e. The number of aliphatic hydroxyl groups is 1. The molecule has 112 valence electrons. The molecule has 4 nitrogen and oxygen atoms in total. The number of aryl methyl sites for hydroxylation is 1. The molecule has 0 spiro atoms. The first-order valence-corrected chi connectivity index (χ1v) is 5.83. The Morgan fingerprint density at radius 1 is 1.45 bits per heavy atom. The van der Waals surface area contributed by atoms with Gasteiger partial charge in [-0.1, -0.05) is 6.07 Å². The third-order valence-electron chi connectivity index (χ3n) is 2.95. The quantitative estimate of drug-likeness (QED) is 0.867. The first-order valence-electron chi connectivity index (χ1n) is 5.83. The van der Waals surface area contributed by atoms with Crippen LogP contribution in [0.2, 0.25) is 0 Å². The Labute approximate surface area is 114 Å². The number of hydrogen-bond donors (Lipinski definition) is 1. The zero-order valence-corrected chi connectivity index (χ0v) is 11.4. The molecule has 1 unspecified atom stereocenters. The van der Waals surface area contributed by atoms with Crippen LogP contribution in [0.4, 0.5) is 13.2 Å². The fourth-order valence-corrected chi connectivity index (χ4v) is 1.73. The van der Waals surface area contributed by atoms with Crippen LogP contribution in [-0.2, 0) is 15.8 Å². The standard InChI is InChI=1S/C13H16F3NO3/c1-8-6-9(13(14,15)16)4-5-10(8)11(18)7-12(19)17(2)20-3/h4-6,11,18H,7H2,1-3H3. The normalized spacial score (nSPS) is 13.2. The van der Waals surface area contributed by atoms with Crippen LogP contribution in [0.15, 0.2) is 18.2 Å². The summed E-state index contributed by atoms with van der Waals surface area (Å²) in [5.74, 6) is -0.473. The van der Waals surface area contributed by atoms with Gasteiger partial charge in [-0.25, -0.2) is 5.06 Å². The molecule has 0 bridgehead atoms. The summed E-state index contributed by atoms with van der Waals surface area (Å²) in [5, 5.41) is 10.9. The first kappa shape index (κ1) is 16.5. The highest BCUT2D eigenvalue weighted by molar-refractivity contribution is 5.75. The number of halogens is 3. The van der Waals surface area contributed by atoms with E-state index in [0.717, 1.165) is 17.2 Å². The zero-order valence-electron chi connectivity index (χ0n) is 11.4. The number of nitrogens with zero attached hydrogens (tertiary/aromatic N) is 1. The minimum Gasteiger partial charge on any atom is -0.388 e. The van der Waals surface area contributed by atoms with E-state index in [9.17, 15) is 23.1 Å².